The minimum absolute atomic E-state index is 0.0229. The molecular formula is C28H35F3N6O4. The molecule has 0 radical (unpaired) electrons. The lowest BCUT2D eigenvalue weighted by Crippen LogP contribution is -2.53. The second kappa shape index (κ2) is 12.4. The van der Waals surface area contributed by atoms with Crippen molar-refractivity contribution in [2.75, 3.05) is 36.4 Å². The molecular weight excluding hydrogens is 541 g/mol. The number of ether oxygens (including phenoxy) is 1. The molecule has 2 aromatic rings. The summed E-state index contributed by atoms with van der Waals surface area (Å²) in [5.74, 6) is 0.519. The van der Waals surface area contributed by atoms with Gasteiger partial charge in [0, 0.05) is 68.0 Å². The summed E-state index contributed by atoms with van der Waals surface area (Å²) in [6.45, 7) is 2.73. The number of benzene rings is 1. The summed E-state index contributed by atoms with van der Waals surface area (Å²) in [7, 11) is 0. The molecule has 2 N–H and O–H groups in total. The molecule has 0 unspecified atom stereocenters. The van der Waals surface area contributed by atoms with Gasteiger partial charge in [-0.05, 0) is 56.7 Å². The van der Waals surface area contributed by atoms with E-state index < -0.39 is 22.4 Å². The molecule has 5 rings (SSSR count). The number of carbonyl (C=O) groups is 1. The van der Waals surface area contributed by atoms with E-state index in [1.165, 1.54) is 18.9 Å². The second-order valence-electron chi connectivity index (χ2n) is 11.0. The number of nitro benzene ring substituents is 1. The first-order valence-electron chi connectivity index (χ1n) is 14.2. The Morgan fingerprint density at radius 3 is 2.34 bits per heavy atom. The predicted molar refractivity (Wildman–Crippen MR) is 147 cm³/mol. The van der Waals surface area contributed by atoms with Crippen molar-refractivity contribution in [1.29, 1.82) is 0 Å². The standard InChI is InChI=1S/C28H35F3N6O4/c29-28(30,31)24-17-21(7-10-25(24)37(39)40)33-20-5-8-23(9-6-20)41-26-18-22(11-12-32-26)35-13-15-36(16-14-35)27(38)34-19-3-1-2-4-19/h7,10-12,17-20,23,33H,1-6,8-9,13-16H2,(H,34,38). The van der Waals surface area contributed by atoms with E-state index >= 15 is 0 Å². The number of hydrogen-bond donors (Lipinski definition) is 2. The highest BCUT2D eigenvalue weighted by molar-refractivity contribution is 5.75. The number of halogens is 3. The molecule has 1 aliphatic heterocycles. The normalized spacial score (nSPS) is 21.9. The number of hydrogen-bond acceptors (Lipinski definition) is 7. The van der Waals surface area contributed by atoms with E-state index in [-0.39, 0.29) is 23.9 Å². The monoisotopic (exact) mass is 576 g/mol. The average molecular weight is 577 g/mol. The van der Waals surface area contributed by atoms with Gasteiger partial charge in [-0.2, -0.15) is 13.2 Å². The fourth-order valence-corrected chi connectivity index (χ4v) is 5.91. The number of aromatic nitrogens is 1. The van der Waals surface area contributed by atoms with Crippen molar-refractivity contribution in [2.24, 2.45) is 0 Å². The lowest BCUT2D eigenvalue weighted by atomic mass is 9.92. The quantitative estimate of drug-likeness (QED) is 0.327. The number of nitro groups is 1. The van der Waals surface area contributed by atoms with Crippen molar-refractivity contribution in [1.82, 2.24) is 15.2 Å². The van der Waals surface area contributed by atoms with Gasteiger partial charge in [-0.15, -0.1) is 0 Å². The van der Waals surface area contributed by atoms with Crippen LogP contribution in [0.5, 0.6) is 5.88 Å². The number of nitrogens with zero attached hydrogens (tertiary/aromatic N) is 4. The van der Waals surface area contributed by atoms with E-state index in [0.717, 1.165) is 43.8 Å². The van der Waals surface area contributed by atoms with Gasteiger partial charge >= 0.3 is 12.2 Å². The molecule has 41 heavy (non-hydrogen) atoms. The molecule has 2 saturated carbocycles. The Morgan fingerprint density at radius 2 is 1.68 bits per heavy atom. The summed E-state index contributed by atoms with van der Waals surface area (Å²) in [5, 5.41) is 17.3. The van der Waals surface area contributed by atoms with Crippen LogP contribution in [0.2, 0.25) is 0 Å². The Bertz CT molecular complexity index is 1220. The van der Waals surface area contributed by atoms with Crippen LogP contribution in [0, 0.1) is 10.1 Å². The number of nitrogens with one attached hydrogen (secondary N) is 2. The van der Waals surface area contributed by atoms with Crippen LogP contribution in [0.4, 0.5) is 35.0 Å². The summed E-state index contributed by atoms with van der Waals surface area (Å²) in [6, 6.07) is 7.11. The number of anilines is 2. The molecule has 1 saturated heterocycles. The SMILES string of the molecule is O=C(NC1CCCC1)N1CCN(c2ccnc(OC3CCC(Nc4ccc([N+](=O)[O-])c(C(F)(F)F)c4)CC3)c2)CC1. The Hall–Kier alpha value is -3.77. The number of pyridine rings is 1. The highest BCUT2D eigenvalue weighted by Crippen LogP contribution is 2.38. The molecule has 1 aromatic carbocycles. The lowest BCUT2D eigenvalue weighted by Gasteiger charge is -2.36. The first kappa shape index (κ1) is 28.7. The van der Waals surface area contributed by atoms with Gasteiger partial charge in [-0.1, -0.05) is 12.8 Å². The first-order valence-corrected chi connectivity index (χ1v) is 14.2. The smallest absolute Gasteiger partial charge is 0.423 e. The van der Waals surface area contributed by atoms with Crippen LogP contribution in [0.3, 0.4) is 0 Å². The predicted octanol–water partition coefficient (Wildman–Crippen LogP) is 5.58. The van der Waals surface area contributed by atoms with Crippen molar-refractivity contribution in [3.05, 3.63) is 52.2 Å². The van der Waals surface area contributed by atoms with Gasteiger partial charge in [0.2, 0.25) is 5.88 Å². The number of rotatable bonds is 7. The fraction of sp³-hybridized carbons (Fsp3) is 0.571. The van der Waals surface area contributed by atoms with E-state index in [9.17, 15) is 28.1 Å². The van der Waals surface area contributed by atoms with Crippen molar-refractivity contribution in [3.63, 3.8) is 0 Å². The zero-order chi connectivity index (χ0) is 29.0. The van der Waals surface area contributed by atoms with E-state index in [1.54, 1.807) is 6.20 Å². The van der Waals surface area contributed by atoms with Gasteiger partial charge < -0.3 is 25.2 Å². The Kier molecular flexibility index (Phi) is 8.69. The van der Waals surface area contributed by atoms with E-state index in [2.05, 4.69) is 20.5 Å². The van der Waals surface area contributed by atoms with Crippen LogP contribution >= 0.6 is 0 Å². The maximum atomic E-state index is 13.3. The van der Waals surface area contributed by atoms with E-state index in [0.29, 0.717) is 50.7 Å². The molecule has 3 fully saturated rings. The average Bonchev–Trinajstić information content (AvgIpc) is 3.47. The summed E-state index contributed by atoms with van der Waals surface area (Å²) in [4.78, 5) is 31.0. The maximum Gasteiger partial charge on any atom is 0.423 e. The van der Waals surface area contributed by atoms with Gasteiger partial charge in [0.25, 0.3) is 5.69 Å². The lowest BCUT2D eigenvalue weighted by molar-refractivity contribution is -0.388. The zero-order valence-corrected chi connectivity index (χ0v) is 22.7. The van der Waals surface area contributed by atoms with Gasteiger partial charge in [-0.3, -0.25) is 10.1 Å². The fourth-order valence-electron chi connectivity index (χ4n) is 5.91. The van der Waals surface area contributed by atoms with Crippen LogP contribution in [-0.2, 0) is 6.18 Å². The third-order valence-electron chi connectivity index (χ3n) is 8.16. The number of alkyl halides is 3. The number of amides is 2. The summed E-state index contributed by atoms with van der Waals surface area (Å²) >= 11 is 0. The van der Waals surface area contributed by atoms with Crippen LogP contribution in [0.25, 0.3) is 0 Å². The summed E-state index contributed by atoms with van der Waals surface area (Å²) in [6.07, 6.45) is 4.03. The molecule has 2 aliphatic carbocycles. The molecule has 10 nitrogen and oxygen atoms in total. The van der Waals surface area contributed by atoms with Crippen LogP contribution in [0.1, 0.15) is 56.9 Å². The number of piperazine rings is 1. The minimum Gasteiger partial charge on any atom is -0.474 e. The van der Waals surface area contributed by atoms with Gasteiger partial charge in [0.15, 0.2) is 0 Å². The van der Waals surface area contributed by atoms with Crippen LogP contribution in [-0.4, -0.2) is 65.2 Å². The highest BCUT2D eigenvalue weighted by Gasteiger charge is 2.38. The van der Waals surface area contributed by atoms with Crippen LogP contribution in [0.15, 0.2) is 36.5 Å². The van der Waals surface area contributed by atoms with Gasteiger partial charge in [-0.25, -0.2) is 9.78 Å². The summed E-state index contributed by atoms with van der Waals surface area (Å²) < 4.78 is 46.1. The van der Waals surface area contributed by atoms with Crippen molar-refractivity contribution < 1.29 is 27.6 Å². The van der Waals surface area contributed by atoms with Crippen molar-refractivity contribution in [3.8, 4) is 5.88 Å². The molecule has 2 amide bonds. The van der Waals surface area contributed by atoms with Crippen molar-refractivity contribution >= 4 is 23.1 Å². The number of urea groups is 1. The molecule has 2 heterocycles. The van der Waals surface area contributed by atoms with Gasteiger partial charge in [0.05, 0.1) is 4.92 Å². The molecule has 1 aromatic heterocycles. The third kappa shape index (κ3) is 7.31. The topological polar surface area (TPSA) is 113 Å². The second-order valence-corrected chi connectivity index (χ2v) is 11.0. The van der Waals surface area contributed by atoms with Gasteiger partial charge in [0.1, 0.15) is 11.7 Å². The highest BCUT2D eigenvalue weighted by atomic mass is 19.4. The van der Waals surface area contributed by atoms with Crippen molar-refractivity contribution in [2.45, 2.75) is 75.7 Å². The molecule has 222 valence electrons. The van der Waals surface area contributed by atoms with E-state index in [4.69, 9.17) is 4.74 Å². The Labute approximate surface area is 236 Å². The zero-order valence-electron chi connectivity index (χ0n) is 22.7. The Balaban J connectivity index is 1.09. The Morgan fingerprint density at radius 1 is 0.976 bits per heavy atom. The molecule has 0 atom stereocenters. The maximum absolute atomic E-state index is 13.3. The number of carbonyl (C=O) groups excluding carboxylic acids is 1. The molecule has 13 heteroatoms. The van der Waals surface area contributed by atoms with Crippen LogP contribution < -0.4 is 20.3 Å². The largest absolute Gasteiger partial charge is 0.474 e. The first-order chi connectivity index (χ1) is 19.7. The summed E-state index contributed by atoms with van der Waals surface area (Å²) in [5.41, 5.74) is -1.02. The molecule has 0 spiro atoms. The third-order valence-corrected chi connectivity index (χ3v) is 8.16. The van der Waals surface area contributed by atoms with E-state index in [1.807, 2.05) is 17.0 Å². The molecule has 3 aliphatic rings. The molecule has 0 bridgehead atoms. The minimum atomic E-state index is -4.82.